The third kappa shape index (κ3) is 1.51. The summed E-state index contributed by atoms with van der Waals surface area (Å²) < 4.78 is 5.60. The fourth-order valence-corrected chi connectivity index (χ4v) is 1.83. The predicted octanol–water partition coefficient (Wildman–Crippen LogP) is 0.259. The number of benzene rings is 1. The maximum atomic E-state index is 11.3. The van der Waals surface area contributed by atoms with Crippen molar-refractivity contribution in [3.63, 3.8) is 0 Å². The molecular weight excluding hydrogens is 236 g/mol. The number of rotatable bonds is 1. The van der Waals surface area contributed by atoms with E-state index in [4.69, 9.17) is 4.42 Å². The van der Waals surface area contributed by atoms with Crippen molar-refractivity contribution in [3.8, 4) is 0 Å². The van der Waals surface area contributed by atoms with Crippen molar-refractivity contribution in [2.24, 2.45) is 0 Å². The van der Waals surface area contributed by atoms with E-state index in [1.807, 2.05) is 0 Å². The van der Waals surface area contributed by atoms with Gasteiger partial charge in [-0.1, -0.05) is 18.2 Å². The van der Waals surface area contributed by atoms with Gasteiger partial charge in [0, 0.05) is 10.8 Å². The van der Waals surface area contributed by atoms with Crippen molar-refractivity contribution in [2.45, 2.75) is 0 Å². The Labute approximate surface area is 99.7 Å². The predicted molar refractivity (Wildman–Crippen MR) is 59.2 cm³/mol. The first-order valence-electron chi connectivity index (χ1n) is 5.12. The van der Waals surface area contributed by atoms with Crippen LogP contribution in [0.4, 0.5) is 0 Å². The van der Waals surface area contributed by atoms with E-state index in [-0.39, 0.29) is 10.1 Å². The Morgan fingerprint density at radius 3 is 2.78 bits per heavy atom. The smallest absolute Gasteiger partial charge is 0.302 e. The Morgan fingerprint density at radius 2 is 2.00 bits per heavy atom. The van der Waals surface area contributed by atoms with Crippen LogP contribution in [0.2, 0.25) is 0 Å². The average Bonchev–Trinajstić information content (AvgIpc) is 2.57. The molecule has 0 amide bonds. The minimum Gasteiger partial charge on any atom is -0.543 e. The molecule has 0 aliphatic rings. The minimum atomic E-state index is -1.51. The molecule has 2 heterocycles. The molecule has 18 heavy (non-hydrogen) atoms. The standard InChI is InChI=1S/C12H6N2O4/c15-12(16)9-5-8-7-3-1-2-4-10(7)18-11(8)6-14(17)13-9/h1-6H. The van der Waals surface area contributed by atoms with Crippen molar-refractivity contribution < 1.29 is 18.9 Å². The molecule has 0 saturated carbocycles. The highest BCUT2D eigenvalue weighted by Gasteiger charge is 2.12. The first-order chi connectivity index (χ1) is 8.65. The summed E-state index contributed by atoms with van der Waals surface area (Å²) in [6.07, 6.45) is 1.09. The maximum Gasteiger partial charge on any atom is 0.302 e. The summed E-state index contributed by atoms with van der Waals surface area (Å²) in [5.41, 5.74) is 0.403. The molecule has 3 aromatic rings. The van der Waals surface area contributed by atoms with E-state index in [9.17, 15) is 14.8 Å². The minimum absolute atomic E-state index is 0.149. The fourth-order valence-electron chi connectivity index (χ4n) is 1.83. The fraction of sp³-hybridized carbons (Fsp3) is 0. The van der Waals surface area contributed by atoms with E-state index in [0.29, 0.717) is 16.4 Å². The van der Waals surface area contributed by atoms with Crippen molar-refractivity contribution >= 4 is 27.9 Å². The molecule has 0 fully saturated rings. The molecule has 0 unspecified atom stereocenters. The molecule has 6 nitrogen and oxygen atoms in total. The second-order valence-electron chi connectivity index (χ2n) is 3.72. The zero-order valence-corrected chi connectivity index (χ0v) is 8.99. The highest BCUT2D eigenvalue weighted by Crippen LogP contribution is 2.26. The number of carbonyl (C=O) groups is 1. The Bertz CT molecular complexity index is 838. The van der Waals surface area contributed by atoms with Crippen LogP contribution in [0, 0.1) is 4.91 Å². The number of aromatic nitrogens is 2. The topological polar surface area (TPSA) is 89.1 Å². The molecule has 6 heteroatoms. The highest BCUT2D eigenvalue weighted by molar-refractivity contribution is 6.05. The summed E-state index contributed by atoms with van der Waals surface area (Å²) in [6, 6.07) is 8.35. The van der Waals surface area contributed by atoms with Crippen molar-refractivity contribution in [3.05, 3.63) is 47.1 Å². The van der Waals surface area contributed by atoms with Gasteiger partial charge in [0.1, 0.15) is 5.58 Å². The number of fused-ring (bicyclic) bond motifs is 3. The van der Waals surface area contributed by atoms with E-state index in [0.717, 1.165) is 6.20 Å². The van der Waals surface area contributed by atoms with Crippen LogP contribution in [-0.2, 0) is 0 Å². The molecule has 0 saturated heterocycles. The average molecular weight is 242 g/mol. The molecule has 0 bridgehead atoms. The number of aromatic carboxylic acids is 1. The van der Waals surface area contributed by atoms with Crippen LogP contribution in [0.5, 0.6) is 0 Å². The number of para-hydroxylation sites is 1. The van der Waals surface area contributed by atoms with E-state index in [2.05, 4.69) is 5.10 Å². The summed E-state index contributed by atoms with van der Waals surface area (Å²) in [7, 11) is 0. The van der Waals surface area contributed by atoms with Crippen LogP contribution in [0.1, 0.15) is 10.5 Å². The van der Waals surface area contributed by atoms with Crippen LogP contribution in [0.15, 0.2) is 40.9 Å². The van der Waals surface area contributed by atoms with Crippen LogP contribution in [0.25, 0.3) is 21.9 Å². The molecule has 1 aromatic carbocycles. The number of carboxylic acid groups (broad SMARTS) is 1. The van der Waals surface area contributed by atoms with Crippen LogP contribution < -0.4 is 9.65 Å². The molecule has 2 aromatic heterocycles. The molecule has 0 spiro atoms. The van der Waals surface area contributed by atoms with Gasteiger partial charge in [-0.05, 0) is 12.1 Å². The molecular formula is C12H6N2O4. The van der Waals surface area contributed by atoms with Crippen LogP contribution in [-0.4, -0.2) is 11.1 Å². The SMILES string of the molecule is O=C([O-])c1cc2c(c[n+](=O)n1)oc1ccccc12. The Kier molecular flexibility index (Phi) is 2.09. The van der Waals surface area contributed by atoms with Crippen molar-refractivity contribution in [1.29, 1.82) is 0 Å². The molecule has 0 aliphatic carbocycles. The van der Waals surface area contributed by atoms with Crippen molar-refractivity contribution in [1.82, 2.24) is 5.10 Å². The largest absolute Gasteiger partial charge is 0.543 e. The van der Waals surface area contributed by atoms with Gasteiger partial charge in [-0.15, -0.1) is 0 Å². The number of hydrogen-bond acceptors (Lipinski definition) is 5. The lowest BCUT2D eigenvalue weighted by atomic mass is 10.2. The van der Waals surface area contributed by atoms with E-state index in [1.54, 1.807) is 24.3 Å². The zero-order valence-electron chi connectivity index (χ0n) is 8.99. The van der Waals surface area contributed by atoms with Gasteiger partial charge in [-0.2, -0.15) is 0 Å². The maximum absolute atomic E-state index is 11.3. The summed E-state index contributed by atoms with van der Waals surface area (Å²) >= 11 is 0. The summed E-state index contributed by atoms with van der Waals surface area (Å²) in [4.78, 5) is 22.2. The molecule has 0 atom stereocenters. The molecule has 0 radical (unpaired) electrons. The summed E-state index contributed by atoms with van der Waals surface area (Å²) in [5, 5.41) is 15.4. The van der Waals surface area contributed by atoms with Gasteiger partial charge in [-0.3, -0.25) is 0 Å². The first kappa shape index (κ1) is 10.4. The number of nitrogens with zero attached hydrogens (tertiary/aromatic N) is 2. The number of carbonyl (C=O) groups excluding carboxylic acids is 1. The third-order valence-electron chi connectivity index (χ3n) is 2.59. The normalized spacial score (nSPS) is 10.9. The monoisotopic (exact) mass is 242 g/mol. The summed E-state index contributed by atoms with van der Waals surface area (Å²) in [5.74, 6) is -1.51. The summed E-state index contributed by atoms with van der Waals surface area (Å²) in [6.45, 7) is 0. The Balaban J connectivity index is 2.56. The lowest BCUT2D eigenvalue weighted by molar-refractivity contribution is -0.563. The first-order valence-corrected chi connectivity index (χ1v) is 5.12. The van der Waals surface area contributed by atoms with E-state index < -0.39 is 11.7 Å². The van der Waals surface area contributed by atoms with Gasteiger partial charge in [0.15, 0.2) is 10.2 Å². The quantitative estimate of drug-likeness (QED) is 0.571. The number of furan rings is 1. The van der Waals surface area contributed by atoms with Gasteiger partial charge in [0.25, 0.3) is 0 Å². The Morgan fingerprint density at radius 1 is 1.22 bits per heavy atom. The van der Waals surface area contributed by atoms with Gasteiger partial charge < -0.3 is 14.3 Å². The zero-order chi connectivity index (χ0) is 12.7. The number of hydrogen-bond donors (Lipinski definition) is 0. The second-order valence-corrected chi connectivity index (χ2v) is 3.72. The van der Waals surface area contributed by atoms with Crippen LogP contribution >= 0.6 is 0 Å². The van der Waals surface area contributed by atoms with Crippen LogP contribution in [0.3, 0.4) is 0 Å². The number of carboxylic acids is 1. The van der Waals surface area contributed by atoms with Gasteiger partial charge >= 0.3 is 6.20 Å². The molecule has 88 valence electrons. The van der Waals surface area contributed by atoms with Gasteiger partial charge in [-0.25, -0.2) is 0 Å². The Hall–Kier alpha value is -2.76. The lowest BCUT2D eigenvalue weighted by Crippen LogP contribution is -2.27. The van der Waals surface area contributed by atoms with E-state index >= 15 is 0 Å². The second kappa shape index (κ2) is 3.63. The van der Waals surface area contributed by atoms with E-state index in [1.165, 1.54) is 6.07 Å². The van der Waals surface area contributed by atoms with Gasteiger partial charge in [0.05, 0.1) is 16.0 Å². The molecule has 3 rings (SSSR count). The van der Waals surface area contributed by atoms with Gasteiger partial charge in [0.2, 0.25) is 5.58 Å². The van der Waals surface area contributed by atoms with Crippen molar-refractivity contribution in [2.75, 3.05) is 0 Å². The molecule has 0 aliphatic heterocycles. The lowest BCUT2D eigenvalue weighted by Gasteiger charge is -1.91. The highest BCUT2D eigenvalue weighted by atomic mass is 16.4. The third-order valence-corrected chi connectivity index (χ3v) is 2.59. The molecule has 0 N–H and O–H groups in total.